The van der Waals surface area contributed by atoms with Gasteiger partial charge in [-0.2, -0.15) is 0 Å². The van der Waals surface area contributed by atoms with E-state index in [1.165, 1.54) is 0 Å². The molecule has 0 aliphatic rings. The Labute approximate surface area is 114 Å². The van der Waals surface area contributed by atoms with E-state index in [1.54, 1.807) is 6.92 Å². The van der Waals surface area contributed by atoms with Crippen molar-refractivity contribution in [2.24, 2.45) is 0 Å². The topological polar surface area (TPSA) is 41.5 Å². The van der Waals surface area contributed by atoms with Crippen molar-refractivity contribution in [2.75, 3.05) is 19.7 Å². The first-order chi connectivity index (χ1) is 8.53. The van der Waals surface area contributed by atoms with Crippen molar-refractivity contribution in [1.82, 2.24) is 5.32 Å². The lowest BCUT2D eigenvalue weighted by Gasteiger charge is -2.23. The highest BCUT2D eigenvalue weighted by Gasteiger charge is 2.19. The number of rotatable bonds is 8. The molecule has 1 aromatic carbocycles. The van der Waals surface area contributed by atoms with Crippen molar-refractivity contribution in [3.05, 3.63) is 34.9 Å². The molecular formula is C14H22ClNO2. The Kier molecular flexibility index (Phi) is 6.65. The van der Waals surface area contributed by atoms with Gasteiger partial charge < -0.3 is 15.2 Å². The quantitative estimate of drug-likeness (QED) is 0.714. The van der Waals surface area contributed by atoms with E-state index in [4.69, 9.17) is 16.3 Å². The summed E-state index contributed by atoms with van der Waals surface area (Å²) in [6, 6.07) is 7.52. The van der Waals surface area contributed by atoms with E-state index >= 15 is 0 Å². The van der Waals surface area contributed by atoms with Gasteiger partial charge >= 0.3 is 0 Å². The van der Waals surface area contributed by atoms with E-state index in [1.807, 2.05) is 24.3 Å². The fraction of sp³-hybridized carbons (Fsp3) is 0.571. The van der Waals surface area contributed by atoms with Crippen LogP contribution in [0.15, 0.2) is 24.3 Å². The Balaban J connectivity index is 2.25. The second kappa shape index (κ2) is 7.74. The largest absolute Gasteiger partial charge is 0.386 e. The first-order valence-corrected chi connectivity index (χ1v) is 6.66. The van der Waals surface area contributed by atoms with Crippen LogP contribution >= 0.6 is 11.6 Å². The summed E-state index contributed by atoms with van der Waals surface area (Å²) in [5, 5.41) is 14.0. The van der Waals surface area contributed by atoms with Crippen molar-refractivity contribution in [3.63, 3.8) is 0 Å². The summed E-state index contributed by atoms with van der Waals surface area (Å²) in [4.78, 5) is 0. The number of nitrogens with one attached hydrogen (secondary N) is 1. The minimum Gasteiger partial charge on any atom is -0.386 e. The number of aliphatic hydroxyl groups is 1. The van der Waals surface area contributed by atoms with Crippen LogP contribution in [0.1, 0.15) is 25.8 Å². The highest BCUT2D eigenvalue weighted by molar-refractivity contribution is 6.30. The maximum atomic E-state index is 10.1. The van der Waals surface area contributed by atoms with Gasteiger partial charge in [-0.3, -0.25) is 0 Å². The Morgan fingerprint density at radius 3 is 2.61 bits per heavy atom. The first kappa shape index (κ1) is 15.4. The van der Waals surface area contributed by atoms with Crippen LogP contribution in [0.25, 0.3) is 0 Å². The molecule has 4 heteroatoms. The van der Waals surface area contributed by atoms with Gasteiger partial charge in [-0.1, -0.05) is 30.7 Å². The Morgan fingerprint density at radius 2 is 2.00 bits per heavy atom. The van der Waals surface area contributed by atoms with E-state index < -0.39 is 5.60 Å². The molecule has 1 aromatic rings. The number of ether oxygens (including phenoxy) is 1. The van der Waals surface area contributed by atoms with Crippen LogP contribution in [0, 0.1) is 0 Å². The number of benzene rings is 1. The van der Waals surface area contributed by atoms with Gasteiger partial charge in [0.1, 0.15) is 0 Å². The molecule has 102 valence electrons. The van der Waals surface area contributed by atoms with Crippen LogP contribution < -0.4 is 5.32 Å². The monoisotopic (exact) mass is 271 g/mol. The molecule has 0 heterocycles. The molecule has 1 atom stereocenters. The third-order valence-corrected chi connectivity index (χ3v) is 2.78. The average molecular weight is 272 g/mol. The van der Waals surface area contributed by atoms with E-state index in [0.29, 0.717) is 19.8 Å². The molecule has 0 aromatic heterocycles. The van der Waals surface area contributed by atoms with Gasteiger partial charge in [-0.05, 0) is 37.6 Å². The Hall–Kier alpha value is -0.610. The highest BCUT2D eigenvalue weighted by Crippen LogP contribution is 2.11. The third-order valence-electron chi connectivity index (χ3n) is 2.53. The predicted molar refractivity (Wildman–Crippen MR) is 74.9 cm³/mol. The maximum Gasteiger partial charge on any atom is 0.0975 e. The first-order valence-electron chi connectivity index (χ1n) is 6.29. The van der Waals surface area contributed by atoms with E-state index in [9.17, 15) is 5.11 Å². The molecular weight excluding hydrogens is 250 g/mol. The molecule has 1 rings (SSSR count). The summed E-state index contributed by atoms with van der Waals surface area (Å²) in [5.41, 5.74) is 0.221. The lowest BCUT2D eigenvalue weighted by atomic mass is 10.1. The van der Waals surface area contributed by atoms with Gasteiger partial charge in [0.25, 0.3) is 0 Å². The molecule has 0 bridgehead atoms. The molecule has 0 aliphatic heterocycles. The van der Waals surface area contributed by atoms with Crippen molar-refractivity contribution in [1.29, 1.82) is 0 Å². The molecule has 0 amide bonds. The number of hydrogen-bond donors (Lipinski definition) is 2. The van der Waals surface area contributed by atoms with Gasteiger partial charge in [0.05, 0.1) is 18.8 Å². The summed E-state index contributed by atoms with van der Waals surface area (Å²) in [6.07, 6.45) is 1.06. The van der Waals surface area contributed by atoms with E-state index in [2.05, 4.69) is 12.2 Å². The Morgan fingerprint density at radius 1 is 1.33 bits per heavy atom. The van der Waals surface area contributed by atoms with Gasteiger partial charge in [0, 0.05) is 11.6 Å². The minimum absolute atomic E-state index is 0.312. The van der Waals surface area contributed by atoms with Crippen LogP contribution in [0.5, 0.6) is 0 Å². The predicted octanol–water partition coefficient (Wildman–Crippen LogP) is 2.61. The van der Waals surface area contributed by atoms with Crippen molar-refractivity contribution in [2.45, 2.75) is 32.5 Å². The molecule has 3 nitrogen and oxygen atoms in total. The molecule has 0 fully saturated rings. The van der Waals surface area contributed by atoms with Crippen molar-refractivity contribution < 1.29 is 9.84 Å². The molecule has 1 unspecified atom stereocenters. The molecule has 0 saturated carbocycles. The number of hydrogen-bond acceptors (Lipinski definition) is 3. The van der Waals surface area contributed by atoms with Crippen molar-refractivity contribution >= 4 is 11.6 Å². The summed E-state index contributed by atoms with van der Waals surface area (Å²) >= 11 is 5.80. The Bertz CT molecular complexity index is 338. The maximum absolute atomic E-state index is 10.1. The summed E-state index contributed by atoms with van der Waals surface area (Å²) in [7, 11) is 0. The van der Waals surface area contributed by atoms with Gasteiger partial charge in [-0.25, -0.2) is 0 Å². The molecule has 2 N–H and O–H groups in total. The normalized spacial score (nSPS) is 14.4. The summed E-state index contributed by atoms with van der Waals surface area (Å²) < 4.78 is 5.52. The second-order valence-electron chi connectivity index (χ2n) is 4.79. The van der Waals surface area contributed by atoms with Crippen LogP contribution in [-0.2, 0) is 11.3 Å². The van der Waals surface area contributed by atoms with Gasteiger partial charge in [-0.15, -0.1) is 0 Å². The lowest BCUT2D eigenvalue weighted by Crippen LogP contribution is -2.42. The average Bonchev–Trinajstić information content (AvgIpc) is 2.32. The smallest absolute Gasteiger partial charge is 0.0975 e. The molecule has 0 saturated heterocycles. The SMILES string of the molecule is CCCNCC(C)(O)COCc1ccc(Cl)cc1. The standard InChI is InChI=1S/C14H22ClNO2/c1-3-8-16-10-14(2,17)11-18-9-12-4-6-13(15)7-5-12/h4-7,16-17H,3,8-11H2,1-2H3. The van der Waals surface area contributed by atoms with E-state index in [0.717, 1.165) is 23.6 Å². The van der Waals surface area contributed by atoms with Crippen LogP contribution in [0.4, 0.5) is 0 Å². The third kappa shape index (κ3) is 6.36. The van der Waals surface area contributed by atoms with Crippen LogP contribution in [-0.4, -0.2) is 30.4 Å². The zero-order valence-corrected chi connectivity index (χ0v) is 11.8. The molecule has 0 spiro atoms. The summed E-state index contributed by atoms with van der Waals surface area (Å²) in [6.45, 7) is 6.12. The van der Waals surface area contributed by atoms with Crippen molar-refractivity contribution in [3.8, 4) is 0 Å². The lowest BCUT2D eigenvalue weighted by molar-refractivity contribution is -0.0378. The second-order valence-corrected chi connectivity index (χ2v) is 5.23. The molecule has 0 radical (unpaired) electrons. The zero-order chi connectivity index (χ0) is 13.4. The van der Waals surface area contributed by atoms with Gasteiger partial charge in [0.15, 0.2) is 0 Å². The minimum atomic E-state index is -0.832. The van der Waals surface area contributed by atoms with Crippen LogP contribution in [0.3, 0.4) is 0 Å². The van der Waals surface area contributed by atoms with Gasteiger partial charge in [0.2, 0.25) is 0 Å². The molecule has 18 heavy (non-hydrogen) atoms. The zero-order valence-electron chi connectivity index (χ0n) is 11.1. The van der Waals surface area contributed by atoms with Crippen LogP contribution in [0.2, 0.25) is 5.02 Å². The fourth-order valence-electron chi connectivity index (χ4n) is 1.55. The fourth-order valence-corrected chi connectivity index (χ4v) is 1.68. The van der Waals surface area contributed by atoms with E-state index in [-0.39, 0.29) is 0 Å². The highest BCUT2D eigenvalue weighted by atomic mass is 35.5. The number of halogens is 1. The molecule has 0 aliphatic carbocycles. The summed E-state index contributed by atoms with van der Waals surface area (Å²) in [5.74, 6) is 0.